The van der Waals surface area contributed by atoms with Crippen LogP contribution in [0.3, 0.4) is 0 Å². The van der Waals surface area contributed by atoms with Gasteiger partial charge in [0.2, 0.25) is 0 Å². The average Bonchev–Trinajstić information content (AvgIpc) is 2.43. The molecule has 2 N–H and O–H groups in total. The fourth-order valence-corrected chi connectivity index (χ4v) is 2.12. The Hall–Kier alpha value is -1.69. The van der Waals surface area contributed by atoms with E-state index in [2.05, 4.69) is 5.32 Å². The molecule has 0 spiro atoms. The number of halogens is 2. The normalized spacial score (nSPS) is 16.5. The average molecular weight is 270 g/mol. The van der Waals surface area contributed by atoms with Crippen molar-refractivity contribution >= 4 is 11.7 Å². The van der Waals surface area contributed by atoms with Gasteiger partial charge in [0.25, 0.3) is 0 Å². The maximum absolute atomic E-state index is 13.4. The van der Waals surface area contributed by atoms with Crippen LogP contribution in [0, 0.1) is 17.6 Å². The van der Waals surface area contributed by atoms with Crippen molar-refractivity contribution in [3.8, 4) is 0 Å². The Balaban J connectivity index is 1.98. The highest BCUT2D eigenvalue weighted by molar-refractivity contribution is 5.89. The lowest BCUT2D eigenvalue weighted by molar-refractivity contribution is 0.143. The van der Waals surface area contributed by atoms with E-state index in [0.717, 1.165) is 12.1 Å². The van der Waals surface area contributed by atoms with Crippen LogP contribution in [-0.2, 0) is 0 Å². The zero-order chi connectivity index (χ0) is 13.8. The summed E-state index contributed by atoms with van der Waals surface area (Å²) in [6.45, 7) is 1.07. The second-order valence-corrected chi connectivity index (χ2v) is 4.64. The number of carbonyl (C=O) groups excluding carboxylic acids is 1. The number of urea groups is 1. The quantitative estimate of drug-likeness (QED) is 0.865. The number of aliphatic hydroxyl groups excluding tert-OH is 1. The predicted octanol–water partition coefficient (Wildman–Crippen LogP) is 2.20. The molecule has 1 aliphatic heterocycles. The molecule has 1 aromatic rings. The standard InChI is InChI=1S/C13H16F2N2O2/c14-10-2-1-3-11(15)12(10)16-13(19)17-6-4-9(8-18)5-7-17/h1-3,9,18H,4-8H2,(H,16,19). The molecular formula is C13H16F2N2O2. The first-order valence-corrected chi connectivity index (χ1v) is 6.22. The minimum atomic E-state index is -0.793. The van der Waals surface area contributed by atoms with Gasteiger partial charge < -0.3 is 15.3 Å². The van der Waals surface area contributed by atoms with Crippen molar-refractivity contribution in [2.75, 3.05) is 25.0 Å². The largest absolute Gasteiger partial charge is 0.396 e. The maximum atomic E-state index is 13.4. The molecule has 1 aromatic carbocycles. The van der Waals surface area contributed by atoms with Crippen molar-refractivity contribution in [2.45, 2.75) is 12.8 Å². The summed E-state index contributed by atoms with van der Waals surface area (Å²) in [5, 5.41) is 11.3. The number of piperidine rings is 1. The zero-order valence-corrected chi connectivity index (χ0v) is 10.4. The number of hydrogen-bond donors (Lipinski definition) is 2. The lowest BCUT2D eigenvalue weighted by Crippen LogP contribution is -2.41. The molecule has 1 heterocycles. The Kier molecular flexibility index (Phi) is 4.31. The highest BCUT2D eigenvalue weighted by Gasteiger charge is 2.23. The molecule has 104 valence electrons. The van der Waals surface area contributed by atoms with Crippen LogP contribution >= 0.6 is 0 Å². The Morgan fingerprint density at radius 2 is 1.89 bits per heavy atom. The molecule has 1 fully saturated rings. The molecular weight excluding hydrogens is 254 g/mol. The van der Waals surface area contributed by atoms with Gasteiger partial charge in [-0.2, -0.15) is 0 Å². The van der Waals surface area contributed by atoms with Crippen LogP contribution in [0.25, 0.3) is 0 Å². The number of benzene rings is 1. The van der Waals surface area contributed by atoms with E-state index in [1.165, 1.54) is 11.0 Å². The summed E-state index contributed by atoms with van der Waals surface area (Å²) in [5.74, 6) is -1.38. The first-order valence-electron chi connectivity index (χ1n) is 6.22. The molecule has 19 heavy (non-hydrogen) atoms. The molecule has 6 heteroatoms. The zero-order valence-electron chi connectivity index (χ0n) is 10.4. The molecule has 1 saturated heterocycles. The maximum Gasteiger partial charge on any atom is 0.322 e. The second kappa shape index (κ2) is 5.97. The van der Waals surface area contributed by atoms with Crippen LogP contribution in [0.2, 0.25) is 0 Å². The van der Waals surface area contributed by atoms with E-state index in [1.807, 2.05) is 0 Å². The summed E-state index contributed by atoms with van der Waals surface area (Å²) in [5.41, 5.74) is -0.420. The lowest BCUT2D eigenvalue weighted by Gasteiger charge is -2.31. The third-order valence-electron chi connectivity index (χ3n) is 3.35. The van der Waals surface area contributed by atoms with Crippen molar-refractivity contribution in [3.05, 3.63) is 29.8 Å². The number of aliphatic hydroxyl groups is 1. The number of para-hydroxylation sites is 1. The van der Waals surface area contributed by atoms with Gasteiger partial charge in [0.05, 0.1) is 0 Å². The number of nitrogens with zero attached hydrogens (tertiary/aromatic N) is 1. The summed E-state index contributed by atoms with van der Waals surface area (Å²) >= 11 is 0. The molecule has 0 unspecified atom stereocenters. The Labute approximate surface area is 110 Å². The van der Waals surface area contributed by atoms with Crippen molar-refractivity contribution in [1.29, 1.82) is 0 Å². The number of carbonyl (C=O) groups is 1. The van der Waals surface area contributed by atoms with E-state index in [9.17, 15) is 13.6 Å². The number of rotatable bonds is 2. The number of anilines is 1. The van der Waals surface area contributed by atoms with Crippen molar-refractivity contribution < 1.29 is 18.7 Å². The molecule has 2 amide bonds. The third-order valence-corrected chi connectivity index (χ3v) is 3.35. The minimum Gasteiger partial charge on any atom is -0.396 e. The van der Waals surface area contributed by atoms with E-state index in [1.54, 1.807) is 0 Å². The first kappa shape index (κ1) is 13.7. The van der Waals surface area contributed by atoms with Crippen LogP contribution in [0.15, 0.2) is 18.2 Å². The van der Waals surface area contributed by atoms with Crippen LogP contribution < -0.4 is 5.32 Å². The molecule has 0 saturated carbocycles. The van der Waals surface area contributed by atoms with Crippen molar-refractivity contribution in [1.82, 2.24) is 4.90 Å². The van der Waals surface area contributed by atoms with E-state index in [-0.39, 0.29) is 12.5 Å². The first-order chi connectivity index (χ1) is 9.11. The fourth-order valence-electron chi connectivity index (χ4n) is 2.12. The number of amides is 2. The summed E-state index contributed by atoms with van der Waals surface area (Å²) in [6, 6.07) is 2.92. The molecule has 0 radical (unpaired) electrons. The molecule has 0 atom stereocenters. The van der Waals surface area contributed by atoms with Gasteiger partial charge in [-0.1, -0.05) is 6.07 Å². The summed E-state index contributed by atoms with van der Waals surface area (Å²) in [4.78, 5) is 13.4. The topological polar surface area (TPSA) is 52.6 Å². The smallest absolute Gasteiger partial charge is 0.322 e. The van der Waals surface area contributed by atoms with Crippen LogP contribution in [-0.4, -0.2) is 35.7 Å². The van der Waals surface area contributed by atoms with Gasteiger partial charge in [0.15, 0.2) is 0 Å². The fraction of sp³-hybridized carbons (Fsp3) is 0.462. The predicted molar refractivity (Wildman–Crippen MR) is 66.8 cm³/mol. The third kappa shape index (κ3) is 3.20. The molecule has 2 rings (SSSR count). The molecule has 4 nitrogen and oxygen atoms in total. The Morgan fingerprint density at radius 1 is 1.32 bits per heavy atom. The number of hydrogen-bond acceptors (Lipinski definition) is 2. The highest BCUT2D eigenvalue weighted by atomic mass is 19.1. The van der Waals surface area contributed by atoms with Gasteiger partial charge in [-0.05, 0) is 30.9 Å². The highest BCUT2D eigenvalue weighted by Crippen LogP contribution is 2.21. The molecule has 0 aromatic heterocycles. The minimum absolute atomic E-state index is 0.109. The Morgan fingerprint density at radius 3 is 2.42 bits per heavy atom. The monoisotopic (exact) mass is 270 g/mol. The van der Waals surface area contributed by atoms with Crippen molar-refractivity contribution in [2.24, 2.45) is 5.92 Å². The van der Waals surface area contributed by atoms with Gasteiger partial charge in [-0.3, -0.25) is 0 Å². The molecule has 0 bridgehead atoms. The second-order valence-electron chi connectivity index (χ2n) is 4.64. The molecule has 1 aliphatic rings. The van der Waals surface area contributed by atoms with E-state index in [4.69, 9.17) is 5.11 Å². The lowest BCUT2D eigenvalue weighted by atomic mass is 9.98. The van der Waals surface area contributed by atoms with Crippen LogP contribution in [0.4, 0.5) is 19.3 Å². The van der Waals surface area contributed by atoms with Gasteiger partial charge >= 0.3 is 6.03 Å². The van der Waals surface area contributed by atoms with E-state index < -0.39 is 23.4 Å². The van der Waals surface area contributed by atoms with Crippen molar-refractivity contribution in [3.63, 3.8) is 0 Å². The van der Waals surface area contributed by atoms with E-state index in [0.29, 0.717) is 25.9 Å². The van der Waals surface area contributed by atoms with Crippen LogP contribution in [0.1, 0.15) is 12.8 Å². The number of nitrogens with one attached hydrogen (secondary N) is 1. The van der Waals surface area contributed by atoms with Gasteiger partial charge in [0.1, 0.15) is 17.3 Å². The summed E-state index contributed by atoms with van der Waals surface area (Å²) in [6.07, 6.45) is 1.40. The SMILES string of the molecule is O=C(Nc1c(F)cccc1F)N1CCC(CO)CC1. The van der Waals surface area contributed by atoms with E-state index >= 15 is 0 Å². The molecule has 0 aliphatic carbocycles. The number of likely N-dealkylation sites (tertiary alicyclic amines) is 1. The Bertz CT molecular complexity index is 440. The van der Waals surface area contributed by atoms with Gasteiger partial charge in [-0.15, -0.1) is 0 Å². The van der Waals surface area contributed by atoms with Crippen LogP contribution in [0.5, 0.6) is 0 Å². The summed E-state index contributed by atoms with van der Waals surface area (Å²) in [7, 11) is 0. The summed E-state index contributed by atoms with van der Waals surface area (Å²) < 4.78 is 26.8. The van der Waals surface area contributed by atoms with Gasteiger partial charge in [0, 0.05) is 19.7 Å². The van der Waals surface area contributed by atoms with Gasteiger partial charge in [-0.25, -0.2) is 13.6 Å².